The van der Waals surface area contributed by atoms with E-state index in [0.29, 0.717) is 34.0 Å². The normalized spacial score (nSPS) is 12.0. The number of amides is 1. The van der Waals surface area contributed by atoms with Crippen molar-refractivity contribution >= 4 is 33.5 Å². The van der Waals surface area contributed by atoms with Crippen molar-refractivity contribution in [3.63, 3.8) is 0 Å². The average molecular weight is 370 g/mol. The molecule has 1 aromatic heterocycles. The number of nitrogens with two attached hydrogens (primary N) is 3. The Hall–Kier alpha value is -2.68. The molecule has 9 heteroatoms. The van der Waals surface area contributed by atoms with Gasteiger partial charge in [0.2, 0.25) is 0 Å². The fourth-order valence-electron chi connectivity index (χ4n) is 2.17. The topological polar surface area (TPSA) is 107 Å². The van der Waals surface area contributed by atoms with Gasteiger partial charge in [0.25, 0.3) is 5.91 Å². The summed E-state index contributed by atoms with van der Waals surface area (Å²) in [6.07, 6.45) is 0. The standard InChI is InChI=1S/C16H17F3N4OS/c1-6(7(2)20)12-13(21)14(25-15(12)22)16(24)23-5-8-3-10(18)11(19)4-9(8)17/h3-4H,5,20-22H2,1-2H3,(H,23,24)/b7-6-. The largest absolute Gasteiger partial charge is 0.402 e. The molecule has 1 heterocycles. The number of thiophene rings is 1. The lowest BCUT2D eigenvalue weighted by atomic mass is 10.1. The molecule has 0 aliphatic heterocycles. The summed E-state index contributed by atoms with van der Waals surface area (Å²) in [6.45, 7) is 3.07. The van der Waals surface area contributed by atoms with Crippen molar-refractivity contribution in [3.05, 3.63) is 51.3 Å². The van der Waals surface area contributed by atoms with Crippen LogP contribution in [0.5, 0.6) is 0 Å². The first kappa shape index (κ1) is 18.7. The van der Waals surface area contributed by atoms with Crippen LogP contribution in [0.4, 0.5) is 23.9 Å². The van der Waals surface area contributed by atoms with Crippen molar-refractivity contribution in [1.29, 1.82) is 0 Å². The second-order valence-corrected chi connectivity index (χ2v) is 6.48. The Kier molecular flexibility index (Phi) is 5.27. The van der Waals surface area contributed by atoms with Gasteiger partial charge in [-0.25, -0.2) is 13.2 Å². The van der Waals surface area contributed by atoms with Crippen molar-refractivity contribution in [2.24, 2.45) is 5.73 Å². The van der Waals surface area contributed by atoms with Gasteiger partial charge >= 0.3 is 0 Å². The van der Waals surface area contributed by atoms with Gasteiger partial charge in [-0.3, -0.25) is 4.79 Å². The van der Waals surface area contributed by atoms with Crippen LogP contribution in [0.15, 0.2) is 17.8 Å². The molecule has 0 atom stereocenters. The molecular formula is C16H17F3N4OS. The number of carbonyl (C=O) groups is 1. The third kappa shape index (κ3) is 3.71. The zero-order valence-electron chi connectivity index (χ0n) is 13.5. The molecule has 0 fully saturated rings. The predicted molar refractivity (Wildman–Crippen MR) is 93.1 cm³/mol. The van der Waals surface area contributed by atoms with Crippen LogP contribution >= 0.6 is 11.3 Å². The fraction of sp³-hybridized carbons (Fsp3) is 0.188. The van der Waals surface area contributed by atoms with Crippen LogP contribution in [0.25, 0.3) is 5.57 Å². The van der Waals surface area contributed by atoms with Crippen LogP contribution in [0.2, 0.25) is 0 Å². The van der Waals surface area contributed by atoms with Crippen molar-refractivity contribution in [2.75, 3.05) is 11.5 Å². The van der Waals surface area contributed by atoms with E-state index in [1.165, 1.54) is 0 Å². The maximum absolute atomic E-state index is 13.6. The number of hydrogen-bond acceptors (Lipinski definition) is 5. The van der Waals surface area contributed by atoms with Gasteiger partial charge in [-0.05, 0) is 25.5 Å². The highest BCUT2D eigenvalue weighted by Crippen LogP contribution is 2.38. The second-order valence-electron chi connectivity index (χ2n) is 5.43. The summed E-state index contributed by atoms with van der Waals surface area (Å²) in [5, 5.41) is 2.73. The number of benzene rings is 1. The van der Waals surface area contributed by atoms with Gasteiger partial charge < -0.3 is 22.5 Å². The smallest absolute Gasteiger partial charge is 0.263 e. The molecule has 0 spiro atoms. The molecule has 7 N–H and O–H groups in total. The maximum Gasteiger partial charge on any atom is 0.263 e. The van der Waals surface area contributed by atoms with Gasteiger partial charge in [0, 0.05) is 29.4 Å². The molecule has 25 heavy (non-hydrogen) atoms. The van der Waals surface area contributed by atoms with E-state index >= 15 is 0 Å². The number of halogens is 3. The molecule has 0 aliphatic rings. The number of anilines is 2. The van der Waals surface area contributed by atoms with Gasteiger partial charge in [-0.15, -0.1) is 11.3 Å². The number of carbonyl (C=O) groups excluding carboxylic acids is 1. The second kappa shape index (κ2) is 7.06. The van der Waals surface area contributed by atoms with Crippen LogP contribution in [-0.2, 0) is 6.54 Å². The monoisotopic (exact) mass is 370 g/mol. The molecule has 0 bridgehead atoms. The number of hydrogen-bond donors (Lipinski definition) is 4. The minimum atomic E-state index is -1.30. The summed E-state index contributed by atoms with van der Waals surface area (Å²) in [7, 11) is 0. The predicted octanol–water partition coefficient (Wildman–Crippen LogP) is 2.97. The highest BCUT2D eigenvalue weighted by molar-refractivity contribution is 7.18. The van der Waals surface area contributed by atoms with E-state index in [-0.39, 0.29) is 22.7 Å². The zero-order chi connectivity index (χ0) is 18.9. The average Bonchev–Trinajstić information content (AvgIpc) is 2.83. The highest BCUT2D eigenvalue weighted by Gasteiger charge is 2.21. The van der Waals surface area contributed by atoms with Crippen molar-refractivity contribution in [2.45, 2.75) is 20.4 Å². The first-order chi connectivity index (χ1) is 11.6. The number of rotatable bonds is 4. The van der Waals surface area contributed by atoms with E-state index < -0.39 is 23.4 Å². The molecular weight excluding hydrogens is 353 g/mol. The zero-order valence-corrected chi connectivity index (χ0v) is 14.4. The summed E-state index contributed by atoms with van der Waals surface area (Å²) in [6, 6.07) is 1.11. The van der Waals surface area contributed by atoms with Crippen LogP contribution in [-0.4, -0.2) is 5.91 Å². The minimum absolute atomic E-state index is 0.135. The molecule has 0 saturated carbocycles. The molecule has 2 rings (SSSR count). The summed E-state index contributed by atoms with van der Waals surface area (Å²) >= 11 is 0.963. The Labute approximate surface area is 146 Å². The number of nitrogen functional groups attached to an aromatic ring is 2. The van der Waals surface area contributed by atoms with E-state index in [1.54, 1.807) is 13.8 Å². The summed E-state index contributed by atoms with van der Waals surface area (Å²) in [5.74, 6) is -4.07. The molecule has 5 nitrogen and oxygen atoms in total. The van der Waals surface area contributed by atoms with Crippen LogP contribution in [0.3, 0.4) is 0 Å². The Bertz CT molecular complexity index is 873. The van der Waals surface area contributed by atoms with Gasteiger partial charge in [0.05, 0.1) is 10.7 Å². The van der Waals surface area contributed by atoms with E-state index in [1.807, 2.05) is 0 Å². The molecule has 0 saturated heterocycles. The first-order valence-corrected chi connectivity index (χ1v) is 7.97. The lowest BCUT2D eigenvalue weighted by Crippen LogP contribution is -2.23. The molecule has 0 unspecified atom stereocenters. The maximum atomic E-state index is 13.6. The quantitative estimate of drug-likeness (QED) is 0.621. The van der Waals surface area contributed by atoms with Gasteiger partial charge in [0.15, 0.2) is 11.6 Å². The van der Waals surface area contributed by atoms with Crippen molar-refractivity contribution in [3.8, 4) is 0 Å². The van der Waals surface area contributed by atoms with Crippen LogP contribution in [0, 0.1) is 17.5 Å². The SMILES string of the molecule is C/C(N)=C(\C)c1c(N)sc(C(=O)NCc2cc(F)c(F)cc2F)c1N. The summed E-state index contributed by atoms with van der Waals surface area (Å²) < 4.78 is 39.7. The van der Waals surface area contributed by atoms with E-state index in [0.717, 1.165) is 11.3 Å². The van der Waals surface area contributed by atoms with Gasteiger partial charge in [0.1, 0.15) is 10.7 Å². The fourth-order valence-corrected chi connectivity index (χ4v) is 3.13. The first-order valence-electron chi connectivity index (χ1n) is 7.16. The van der Waals surface area contributed by atoms with E-state index in [9.17, 15) is 18.0 Å². The minimum Gasteiger partial charge on any atom is -0.402 e. The van der Waals surface area contributed by atoms with Crippen LogP contribution in [0.1, 0.15) is 34.6 Å². The van der Waals surface area contributed by atoms with Gasteiger partial charge in [-0.1, -0.05) is 0 Å². The van der Waals surface area contributed by atoms with E-state index in [4.69, 9.17) is 17.2 Å². The molecule has 2 aromatic rings. The molecule has 0 aliphatic carbocycles. The Morgan fingerprint density at radius 1 is 1.12 bits per heavy atom. The lowest BCUT2D eigenvalue weighted by molar-refractivity contribution is 0.0955. The van der Waals surface area contributed by atoms with Crippen molar-refractivity contribution in [1.82, 2.24) is 5.32 Å². The molecule has 0 radical (unpaired) electrons. The Balaban J connectivity index is 2.24. The Morgan fingerprint density at radius 3 is 2.32 bits per heavy atom. The van der Waals surface area contributed by atoms with E-state index in [2.05, 4.69) is 5.32 Å². The summed E-state index contributed by atoms with van der Waals surface area (Å²) in [4.78, 5) is 12.4. The lowest BCUT2D eigenvalue weighted by Gasteiger charge is -2.08. The molecule has 134 valence electrons. The Morgan fingerprint density at radius 2 is 1.72 bits per heavy atom. The molecule has 1 aromatic carbocycles. The van der Waals surface area contributed by atoms with Crippen LogP contribution < -0.4 is 22.5 Å². The summed E-state index contributed by atoms with van der Waals surface area (Å²) in [5.41, 5.74) is 19.2. The van der Waals surface area contributed by atoms with Crippen molar-refractivity contribution < 1.29 is 18.0 Å². The third-order valence-corrected chi connectivity index (χ3v) is 4.71. The molecule has 1 amide bonds. The highest BCUT2D eigenvalue weighted by atomic mass is 32.1. The number of allylic oxidation sites excluding steroid dienone is 2. The third-order valence-electron chi connectivity index (χ3n) is 3.67. The number of nitrogens with one attached hydrogen (secondary N) is 1. The van der Waals surface area contributed by atoms with Gasteiger partial charge in [-0.2, -0.15) is 0 Å².